The van der Waals surface area contributed by atoms with Crippen LogP contribution in [0, 0.1) is 10.1 Å². The van der Waals surface area contributed by atoms with Crippen LogP contribution in [-0.4, -0.2) is 63.8 Å². The van der Waals surface area contributed by atoms with Gasteiger partial charge in [0.15, 0.2) is 17.3 Å². The van der Waals surface area contributed by atoms with E-state index in [9.17, 15) is 28.1 Å². The van der Waals surface area contributed by atoms with Crippen molar-refractivity contribution in [2.24, 2.45) is 0 Å². The van der Waals surface area contributed by atoms with Gasteiger partial charge in [0.2, 0.25) is 21.7 Å². The van der Waals surface area contributed by atoms with Crippen molar-refractivity contribution in [3.8, 4) is 17.2 Å². The Labute approximate surface area is 248 Å². The molecule has 1 aliphatic rings. The zero-order valence-corrected chi connectivity index (χ0v) is 24.6. The number of amides is 1. The summed E-state index contributed by atoms with van der Waals surface area (Å²) in [5.74, 6) is 0.303. The first kappa shape index (κ1) is 30.9. The highest BCUT2D eigenvalue weighted by Gasteiger charge is 2.34. The molecule has 43 heavy (non-hydrogen) atoms. The van der Waals surface area contributed by atoms with Gasteiger partial charge in [0.1, 0.15) is 0 Å². The highest BCUT2D eigenvalue weighted by molar-refractivity contribution is 7.89. The van der Waals surface area contributed by atoms with Crippen LogP contribution in [0.4, 0.5) is 11.4 Å². The molecule has 224 valence electrons. The second-order valence-electron chi connectivity index (χ2n) is 9.46. The van der Waals surface area contributed by atoms with Gasteiger partial charge in [-0.1, -0.05) is 12.1 Å². The normalized spacial score (nSPS) is 15.8. The van der Waals surface area contributed by atoms with Crippen molar-refractivity contribution >= 4 is 45.2 Å². The van der Waals surface area contributed by atoms with Gasteiger partial charge in [-0.25, -0.2) is 8.42 Å². The number of nitrogens with one attached hydrogen (secondary N) is 1. The van der Waals surface area contributed by atoms with E-state index in [1.165, 1.54) is 82.9 Å². The van der Waals surface area contributed by atoms with Crippen molar-refractivity contribution in [1.82, 2.24) is 4.31 Å². The van der Waals surface area contributed by atoms with Gasteiger partial charge in [0.25, 0.3) is 5.69 Å². The van der Waals surface area contributed by atoms with Crippen molar-refractivity contribution in [3.63, 3.8) is 0 Å². The van der Waals surface area contributed by atoms with Crippen LogP contribution in [0.3, 0.4) is 0 Å². The first-order valence-electron chi connectivity index (χ1n) is 12.8. The molecule has 3 aromatic rings. The Morgan fingerprint density at radius 1 is 0.907 bits per heavy atom. The zero-order valence-electron chi connectivity index (χ0n) is 23.8. The van der Waals surface area contributed by atoms with Crippen molar-refractivity contribution in [1.29, 1.82) is 0 Å². The van der Waals surface area contributed by atoms with Crippen LogP contribution >= 0.6 is 0 Å². The Kier molecular flexibility index (Phi) is 9.27. The molecule has 0 atom stereocenters. The van der Waals surface area contributed by atoms with Crippen LogP contribution < -0.4 is 19.5 Å². The van der Waals surface area contributed by atoms with E-state index in [2.05, 4.69) is 5.32 Å². The molecule has 0 saturated carbocycles. The number of Topliss-reactive ketones (excluding diaryl/α,β-unsaturated/α-hetero) is 1. The predicted octanol–water partition coefficient (Wildman–Crippen LogP) is 4.32. The summed E-state index contributed by atoms with van der Waals surface area (Å²) in [5, 5.41) is 13.9. The van der Waals surface area contributed by atoms with Gasteiger partial charge >= 0.3 is 0 Å². The number of benzene rings is 3. The molecular formula is C30H29N3O9S. The van der Waals surface area contributed by atoms with E-state index in [0.717, 1.165) is 4.31 Å². The van der Waals surface area contributed by atoms with Crippen molar-refractivity contribution in [2.45, 2.75) is 11.8 Å². The second-order valence-corrected chi connectivity index (χ2v) is 11.4. The number of hydrogen-bond donors (Lipinski definition) is 1. The Balaban J connectivity index is 1.82. The van der Waals surface area contributed by atoms with Crippen molar-refractivity contribution < 1.29 is 37.1 Å². The van der Waals surface area contributed by atoms with Gasteiger partial charge in [-0.15, -0.1) is 0 Å². The zero-order chi connectivity index (χ0) is 31.3. The van der Waals surface area contributed by atoms with E-state index in [4.69, 9.17) is 14.2 Å². The summed E-state index contributed by atoms with van der Waals surface area (Å²) in [7, 11) is 0.228. The standard InChI is InChI=1S/C30H29N3O9S/c1-19(34)31-24-8-10-26(11-9-24)43(38,39)32-17-22(12-20-6-5-7-25(14-20)33(36)37)29(35)23(18-32)13-21-15-27(40-2)30(42-4)28(16-21)41-3/h5-16H,17-18H2,1-4H3,(H,31,34)/b22-12+,23-13+. The van der Waals surface area contributed by atoms with E-state index < -0.39 is 20.7 Å². The van der Waals surface area contributed by atoms with Crippen LogP contribution in [-0.2, 0) is 19.6 Å². The molecule has 4 rings (SSSR count). The van der Waals surface area contributed by atoms with Crippen LogP contribution in [0.15, 0.2) is 76.7 Å². The summed E-state index contributed by atoms with van der Waals surface area (Å²) in [6.07, 6.45) is 2.98. The molecular weight excluding hydrogens is 578 g/mol. The Hall–Kier alpha value is -5.01. The maximum absolute atomic E-state index is 13.8. The third kappa shape index (κ3) is 6.90. The molecule has 1 N–H and O–H groups in total. The monoisotopic (exact) mass is 607 g/mol. The first-order chi connectivity index (χ1) is 20.5. The molecule has 12 nitrogen and oxygen atoms in total. The average molecular weight is 608 g/mol. The molecule has 0 unspecified atom stereocenters. The number of ether oxygens (including phenoxy) is 3. The van der Waals surface area contributed by atoms with E-state index in [1.807, 2.05) is 0 Å². The molecule has 0 radical (unpaired) electrons. The van der Waals surface area contributed by atoms with Crippen LogP contribution in [0.1, 0.15) is 18.1 Å². The number of nitro benzene ring substituents is 1. The topological polar surface area (TPSA) is 154 Å². The molecule has 1 heterocycles. The maximum atomic E-state index is 13.8. The molecule has 1 aliphatic heterocycles. The number of nitrogens with zero attached hydrogens (tertiary/aromatic N) is 2. The Morgan fingerprint density at radius 3 is 2.00 bits per heavy atom. The quantitative estimate of drug-likeness (QED) is 0.213. The maximum Gasteiger partial charge on any atom is 0.270 e. The number of piperidine rings is 1. The fraction of sp³-hybridized carbons (Fsp3) is 0.200. The number of methoxy groups -OCH3 is 3. The molecule has 0 aromatic heterocycles. The lowest BCUT2D eigenvalue weighted by Gasteiger charge is -2.29. The van der Waals surface area contributed by atoms with Crippen molar-refractivity contribution in [2.75, 3.05) is 39.7 Å². The van der Waals surface area contributed by atoms with E-state index in [0.29, 0.717) is 34.1 Å². The smallest absolute Gasteiger partial charge is 0.270 e. The average Bonchev–Trinajstić information content (AvgIpc) is 2.98. The molecule has 13 heteroatoms. The largest absolute Gasteiger partial charge is 0.493 e. The summed E-state index contributed by atoms with van der Waals surface area (Å²) < 4.78 is 44.9. The predicted molar refractivity (Wildman–Crippen MR) is 160 cm³/mol. The van der Waals surface area contributed by atoms with Gasteiger partial charge in [-0.3, -0.25) is 19.7 Å². The summed E-state index contributed by atoms with van der Waals surface area (Å²) >= 11 is 0. The lowest BCUT2D eigenvalue weighted by molar-refractivity contribution is -0.384. The summed E-state index contributed by atoms with van der Waals surface area (Å²) in [4.78, 5) is 35.8. The molecule has 1 fully saturated rings. The fourth-order valence-electron chi connectivity index (χ4n) is 4.56. The molecule has 0 aliphatic carbocycles. The molecule has 3 aromatic carbocycles. The number of hydrogen-bond acceptors (Lipinski definition) is 9. The molecule has 1 amide bonds. The summed E-state index contributed by atoms with van der Waals surface area (Å²) in [6, 6.07) is 14.6. The minimum absolute atomic E-state index is 0.0437. The Morgan fingerprint density at radius 2 is 1.49 bits per heavy atom. The SMILES string of the molecule is COc1cc(/C=C2\CN(S(=O)(=O)c3ccc(NC(C)=O)cc3)C/C(=C\c3cccc([N+](=O)[O-])c3)C2=O)cc(OC)c1OC. The summed E-state index contributed by atoms with van der Waals surface area (Å²) in [6.45, 7) is 0.813. The van der Waals surface area contributed by atoms with Crippen LogP contribution in [0.25, 0.3) is 12.2 Å². The van der Waals surface area contributed by atoms with E-state index in [-0.39, 0.29) is 40.7 Å². The highest BCUT2D eigenvalue weighted by Crippen LogP contribution is 2.39. The molecule has 0 spiro atoms. The number of ketones is 1. The first-order valence-corrected chi connectivity index (χ1v) is 14.3. The number of sulfonamides is 1. The van der Waals surface area contributed by atoms with Gasteiger partial charge in [0.05, 0.1) is 31.1 Å². The van der Waals surface area contributed by atoms with Gasteiger partial charge in [-0.2, -0.15) is 4.31 Å². The molecule has 0 bridgehead atoms. The number of anilines is 1. The lowest BCUT2D eigenvalue weighted by Crippen LogP contribution is -2.41. The number of rotatable bonds is 9. The van der Waals surface area contributed by atoms with Crippen LogP contribution in [0.5, 0.6) is 17.2 Å². The third-order valence-corrected chi connectivity index (χ3v) is 8.34. The van der Waals surface area contributed by atoms with Crippen LogP contribution in [0.2, 0.25) is 0 Å². The summed E-state index contributed by atoms with van der Waals surface area (Å²) in [5.41, 5.74) is 1.37. The highest BCUT2D eigenvalue weighted by atomic mass is 32.2. The third-order valence-electron chi connectivity index (χ3n) is 6.54. The van der Waals surface area contributed by atoms with Gasteiger partial charge in [-0.05, 0) is 59.7 Å². The lowest BCUT2D eigenvalue weighted by atomic mass is 9.95. The number of nitro groups is 1. The van der Waals surface area contributed by atoms with E-state index >= 15 is 0 Å². The molecule has 1 saturated heterocycles. The number of carbonyl (C=O) groups is 2. The van der Waals surface area contributed by atoms with Gasteiger partial charge in [0, 0.05) is 49.0 Å². The fourth-order valence-corrected chi connectivity index (χ4v) is 5.95. The number of non-ortho nitro benzene ring substituents is 1. The minimum atomic E-state index is -4.13. The van der Waals surface area contributed by atoms with E-state index in [1.54, 1.807) is 18.2 Å². The van der Waals surface area contributed by atoms with Crippen molar-refractivity contribution in [3.05, 3.63) is 93.1 Å². The Bertz CT molecular complexity index is 1720. The van der Waals surface area contributed by atoms with Gasteiger partial charge < -0.3 is 19.5 Å². The second kappa shape index (κ2) is 12.9. The number of carbonyl (C=O) groups excluding carboxylic acids is 2. The minimum Gasteiger partial charge on any atom is -0.493 e.